The van der Waals surface area contributed by atoms with Crippen molar-refractivity contribution in [2.24, 2.45) is 35.5 Å². The molecular formula is C20H36O7. The van der Waals surface area contributed by atoms with Gasteiger partial charge in [0.05, 0.1) is 30.8 Å². The van der Waals surface area contributed by atoms with Crippen molar-refractivity contribution in [2.45, 2.75) is 72.4 Å². The van der Waals surface area contributed by atoms with Crippen LogP contribution in [0, 0.1) is 35.5 Å². The first-order valence-corrected chi connectivity index (χ1v) is 9.83. The Balaban J connectivity index is 3.23. The zero-order valence-corrected chi connectivity index (χ0v) is 17.2. The highest BCUT2D eigenvalue weighted by atomic mass is 16.5. The smallest absolute Gasteiger partial charge is 0.311 e. The van der Waals surface area contributed by atoms with Gasteiger partial charge in [-0.3, -0.25) is 9.59 Å². The minimum Gasteiger partial charge on any atom is -0.462 e. The topological polar surface area (TPSA) is 124 Å². The van der Waals surface area contributed by atoms with Gasteiger partial charge in [0.25, 0.3) is 0 Å². The van der Waals surface area contributed by atoms with Gasteiger partial charge in [0.2, 0.25) is 0 Å². The molecule has 0 amide bonds. The molecule has 1 aliphatic heterocycles. The summed E-state index contributed by atoms with van der Waals surface area (Å²) in [6.07, 6.45) is -3.55. The molecule has 7 heteroatoms. The Labute approximate surface area is 161 Å². The molecule has 158 valence electrons. The molecule has 0 aromatic heterocycles. The lowest BCUT2D eigenvalue weighted by molar-refractivity contribution is -0.164. The number of carbonyl (C=O) groups excluding carboxylic acids is 2. The van der Waals surface area contributed by atoms with E-state index in [0.29, 0.717) is 0 Å². The highest BCUT2D eigenvalue weighted by molar-refractivity contribution is 5.83. The molecular weight excluding hydrogens is 352 g/mol. The molecule has 4 N–H and O–H groups in total. The quantitative estimate of drug-likeness (QED) is 0.489. The molecule has 1 heterocycles. The highest BCUT2D eigenvalue weighted by Gasteiger charge is 2.40. The molecule has 1 fully saturated rings. The Morgan fingerprint density at radius 1 is 0.852 bits per heavy atom. The summed E-state index contributed by atoms with van der Waals surface area (Å²) in [5.74, 6) is -4.69. The molecule has 0 radical (unpaired) electrons. The van der Waals surface area contributed by atoms with Crippen LogP contribution in [0.1, 0.15) is 48.0 Å². The van der Waals surface area contributed by atoms with Crippen molar-refractivity contribution < 1.29 is 34.8 Å². The number of hydrogen-bond acceptors (Lipinski definition) is 7. The molecule has 10 atom stereocenters. The first-order chi connectivity index (χ1) is 12.4. The lowest BCUT2D eigenvalue weighted by Crippen LogP contribution is -2.45. The Morgan fingerprint density at radius 2 is 1.37 bits per heavy atom. The van der Waals surface area contributed by atoms with Crippen LogP contribution in [0.3, 0.4) is 0 Å². The van der Waals surface area contributed by atoms with Crippen LogP contribution >= 0.6 is 0 Å². The van der Waals surface area contributed by atoms with Crippen molar-refractivity contribution in [3.63, 3.8) is 0 Å². The molecule has 0 aromatic carbocycles. The van der Waals surface area contributed by atoms with E-state index >= 15 is 0 Å². The van der Waals surface area contributed by atoms with Gasteiger partial charge < -0.3 is 25.2 Å². The largest absolute Gasteiger partial charge is 0.462 e. The van der Waals surface area contributed by atoms with Crippen LogP contribution in [-0.2, 0) is 14.3 Å². The lowest BCUT2D eigenvalue weighted by Gasteiger charge is -2.35. The fraction of sp³-hybridized carbons (Fsp3) is 0.900. The maximum atomic E-state index is 12.8. The average molecular weight is 389 g/mol. The summed E-state index contributed by atoms with van der Waals surface area (Å²) >= 11 is 0. The Morgan fingerprint density at radius 3 is 1.89 bits per heavy atom. The van der Waals surface area contributed by atoms with Gasteiger partial charge >= 0.3 is 5.97 Å². The maximum Gasteiger partial charge on any atom is 0.311 e. The van der Waals surface area contributed by atoms with Crippen LogP contribution in [0.25, 0.3) is 0 Å². The minimum absolute atomic E-state index is 0.230. The summed E-state index contributed by atoms with van der Waals surface area (Å²) in [4.78, 5) is 25.2. The summed E-state index contributed by atoms with van der Waals surface area (Å²) in [5, 5.41) is 41.4. The zero-order chi connectivity index (χ0) is 21.0. The van der Waals surface area contributed by atoms with Crippen LogP contribution in [0.2, 0.25) is 0 Å². The Hall–Kier alpha value is -1.02. The molecule has 0 spiro atoms. The third kappa shape index (κ3) is 5.50. The van der Waals surface area contributed by atoms with Gasteiger partial charge in [-0.2, -0.15) is 0 Å². The van der Waals surface area contributed by atoms with E-state index in [0.717, 1.165) is 0 Å². The fourth-order valence-electron chi connectivity index (χ4n) is 3.85. The van der Waals surface area contributed by atoms with Crippen LogP contribution in [-0.4, -0.2) is 63.2 Å². The number of aliphatic hydroxyl groups excluding tert-OH is 4. The predicted octanol–water partition coefficient (Wildman–Crippen LogP) is 0.763. The molecule has 0 aromatic rings. The normalized spacial score (nSPS) is 45.9. The summed E-state index contributed by atoms with van der Waals surface area (Å²) in [6.45, 7) is 9.49. The van der Waals surface area contributed by atoms with Crippen molar-refractivity contribution >= 4 is 11.8 Å². The van der Waals surface area contributed by atoms with Crippen molar-refractivity contribution in [3.05, 3.63) is 0 Å². The second-order valence-electron chi connectivity index (χ2n) is 8.40. The van der Waals surface area contributed by atoms with E-state index in [1.807, 2.05) is 0 Å². The van der Waals surface area contributed by atoms with Crippen LogP contribution in [0.5, 0.6) is 0 Å². The van der Waals surface area contributed by atoms with Gasteiger partial charge in [-0.15, -0.1) is 0 Å². The number of aliphatic hydroxyl groups is 4. The molecule has 27 heavy (non-hydrogen) atoms. The van der Waals surface area contributed by atoms with E-state index in [2.05, 4.69) is 0 Å². The number of carbonyl (C=O) groups is 2. The van der Waals surface area contributed by atoms with Crippen LogP contribution in [0.15, 0.2) is 0 Å². The van der Waals surface area contributed by atoms with Gasteiger partial charge in [-0.1, -0.05) is 27.7 Å². The van der Waals surface area contributed by atoms with E-state index in [9.17, 15) is 30.0 Å². The first kappa shape index (κ1) is 24.0. The summed E-state index contributed by atoms with van der Waals surface area (Å²) in [7, 11) is 0. The number of Topliss-reactive ketones (excluding diaryl/α,β-unsaturated/α-hetero) is 1. The van der Waals surface area contributed by atoms with E-state index in [4.69, 9.17) is 4.74 Å². The van der Waals surface area contributed by atoms with Gasteiger partial charge in [-0.05, 0) is 26.2 Å². The van der Waals surface area contributed by atoms with E-state index < -0.39 is 60.0 Å². The third-order valence-electron chi connectivity index (χ3n) is 6.37. The van der Waals surface area contributed by atoms with Crippen LogP contribution < -0.4 is 0 Å². The average Bonchev–Trinajstić information content (AvgIpc) is 2.66. The molecule has 0 aliphatic carbocycles. The molecule has 1 aliphatic rings. The van der Waals surface area contributed by atoms with Gasteiger partial charge in [0, 0.05) is 23.7 Å². The van der Waals surface area contributed by atoms with Crippen molar-refractivity contribution in [3.8, 4) is 0 Å². The van der Waals surface area contributed by atoms with Crippen molar-refractivity contribution in [1.82, 2.24) is 0 Å². The number of rotatable bonds is 1. The number of hydrogen-bond donors (Lipinski definition) is 4. The lowest BCUT2D eigenvalue weighted by atomic mass is 9.77. The molecule has 0 saturated carbocycles. The molecule has 0 bridgehead atoms. The monoisotopic (exact) mass is 388 g/mol. The standard InChI is InChI=1S/C20H36O7/c1-9-7-15(8-21)19(25)12(4)17(23)10(2)14(6)27-20(26)13(5)18(24)11(3)16(9)22/h9-18,21-24H,7-8H2,1-6H3/t9-,10-,11+,12+,13+,14+,15+,16-,17-,18-/m0/s1. The predicted molar refractivity (Wildman–Crippen MR) is 99.6 cm³/mol. The van der Waals surface area contributed by atoms with Crippen molar-refractivity contribution in [2.75, 3.05) is 6.61 Å². The van der Waals surface area contributed by atoms with Crippen molar-refractivity contribution in [1.29, 1.82) is 0 Å². The van der Waals surface area contributed by atoms with Gasteiger partial charge in [-0.25, -0.2) is 0 Å². The van der Waals surface area contributed by atoms with E-state index in [1.54, 1.807) is 41.5 Å². The Bertz CT molecular complexity index is 509. The van der Waals surface area contributed by atoms with E-state index in [-0.39, 0.29) is 24.7 Å². The molecule has 1 rings (SSSR count). The summed E-state index contributed by atoms with van der Waals surface area (Å²) in [5.41, 5.74) is 0. The highest BCUT2D eigenvalue weighted by Crippen LogP contribution is 2.30. The molecule has 0 unspecified atom stereocenters. The van der Waals surface area contributed by atoms with Crippen LogP contribution in [0.4, 0.5) is 0 Å². The summed E-state index contributed by atoms with van der Waals surface area (Å²) in [6, 6.07) is 0. The minimum atomic E-state index is -1.12. The van der Waals surface area contributed by atoms with Gasteiger partial charge in [0.15, 0.2) is 0 Å². The number of ether oxygens (including phenoxy) is 1. The second-order valence-corrected chi connectivity index (χ2v) is 8.40. The van der Waals surface area contributed by atoms with Gasteiger partial charge in [0.1, 0.15) is 11.9 Å². The molecule has 7 nitrogen and oxygen atoms in total. The fourth-order valence-corrected chi connectivity index (χ4v) is 3.85. The maximum absolute atomic E-state index is 12.8. The number of cyclic esters (lactones) is 1. The third-order valence-corrected chi connectivity index (χ3v) is 6.37. The van der Waals surface area contributed by atoms with E-state index in [1.165, 1.54) is 0 Å². The second kappa shape index (κ2) is 9.96. The summed E-state index contributed by atoms with van der Waals surface area (Å²) < 4.78 is 5.41. The zero-order valence-electron chi connectivity index (χ0n) is 17.2. The number of esters is 1. The Kier molecular flexibility index (Phi) is 8.86. The number of ketones is 1. The SMILES string of the molecule is C[C@@H]1[C@@H](O)[C@@H](C)C[C@H](CO)C(=O)[C@H](C)[C@@H](O)[C@@H](C)[C@@H](C)OC(=O)[C@H](C)[C@H]1O. The molecule has 1 saturated heterocycles. The first-order valence-electron chi connectivity index (χ1n) is 9.83.